The maximum atomic E-state index is 11.8. The van der Waals surface area contributed by atoms with Gasteiger partial charge < -0.3 is 9.73 Å². The van der Waals surface area contributed by atoms with Crippen LogP contribution in [0, 0.1) is 0 Å². The molecule has 0 aliphatic carbocycles. The molecule has 0 bridgehead atoms. The van der Waals surface area contributed by atoms with Gasteiger partial charge in [-0.1, -0.05) is 6.08 Å². The van der Waals surface area contributed by atoms with E-state index in [0.29, 0.717) is 24.5 Å². The molecule has 1 N–H and O–H groups in total. The summed E-state index contributed by atoms with van der Waals surface area (Å²) >= 11 is 0. The number of furan rings is 1. The van der Waals surface area contributed by atoms with E-state index in [9.17, 15) is 4.79 Å². The lowest BCUT2D eigenvalue weighted by molar-refractivity contribution is 0.0952. The van der Waals surface area contributed by atoms with E-state index in [-0.39, 0.29) is 5.91 Å². The van der Waals surface area contributed by atoms with Crippen LogP contribution in [0.1, 0.15) is 17.4 Å². The first-order valence-electron chi connectivity index (χ1n) is 5.77. The highest BCUT2D eigenvalue weighted by molar-refractivity contribution is 5.93. The fraction of sp³-hybridized carbons (Fsp3) is 0.231. The number of nitrogens with zero attached hydrogens (tertiary/aromatic N) is 2. The molecule has 94 valence electrons. The molecule has 0 unspecified atom stereocenters. The van der Waals surface area contributed by atoms with Crippen LogP contribution in [-0.2, 0) is 6.54 Å². The molecule has 18 heavy (non-hydrogen) atoms. The van der Waals surface area contributed by atoms with Gasteiger partial charge in [0.1, 0.15) is 5.69 Å². The number of aromatic nitrogens is 2. The average molecular weight is 245 g/mol. The van der Waals surface area contributed by atoms with E-state index in [4.69, 9.17) is 4.42 Å². The molecule has 0 fully saturated rings. The molecule has 0 spiro atoms. The van der Waals surface area contributed by atoms with Crippen molar-refractivity contribution in [1.82, 2.24) is 15.1 Å². The van der Waals surface area contributed by atoms with Gasteiger partial charge >= 0.3 is 0 Å². The molecule has 1 amide bonds. The van der Waals surface area contributed by atoms with Crippen molar-refractivity contribution in [3.63, 3.8) is 0 Å². The van der Waals surface area contributed by atoms with Crippen molar-refractivity contribution in [3.8, 4) is 11.5 Å². The minimum absolute atomic E-state index is 0.213. The number of aryl methyl sites for hydroxylation is 1. The van der Waals surface area contributed by atoms with E-state index in [0.717, 1.165) is 5.69 Å². The summed E-state index contributed by atoms with van der Waals surface area (Å²) in [6.07, 6.45) is 3.22. The summed E-state index contributed by atoms with van der Waals surface area (Å²) in [6, 6.07) is 5.37. The van der Waals surface area contributed by atoms with Crippen molar-refractivity contribution in [2.75, 3.05) is 6.54 Å². The van der Waals surface area contributed by atoms with Gasteiger partial charge in [0.05, 0.1) is 6.26 Å². The SMILES string of the molecule is C=CCNC(=O)c1cc(-c2ccco2)n(CC)n1. The van der Waals surface area contributed by atoms with E-state index < -0.39 is 0 Å². The van der Waals surface area contributed by atoms with Gasteiger partial charge in [0.15, 0.2) is 11.5 Å². The zero-order valence-electron chi connectivity index (χ0n) is 10.2. The normalized spacial score (nSPS) is 10.3. The topological polar surface area (TPSA) is 60.1 Å². The molecule has 2 heterocycles. The maximum absolute atomic E-state index is 11.8. The smallest absolute Gasteiger partial charge is 0.272 e. The zero-order valence-corrected chi connectivity index (χ0v) is 10.2. The highest BCUT2D eigenvalue weighted by atomic mass is 16.3. The summed E-state index contributed by atoms with van der Waals surface area (Å²) in [5.74, 6) is 0.488. The van der Waals surface area contributed by atoms with Gasteiger partial charge in [0, 0.05) is 19.2 Å². The first kappa shape index (κ1) is 12.2. The molecule has 5 nitrogen and oxygen atoms in total. The number of rotatable bonds is 5. The minimum atomic E-state index is -0.213. The molecule has 0 aliphatic rings. The highest BCUT2D eigenvalue weighted by Gasteiger charge is 2.15. The monoisotopic (exact) mass is 245 g/mol. The van der Waals surface area contributed by atoms with Gasteiger partial charge in [-0.2, -0.15) is 5.10 Å². The van der Waals surface area contributed by atoms with E-state index in [2.05, 4.69) is 17.0 Å². The van der Waals surface area contributed by atoms with Crippen LogP contribution >= 0.6 is 0 Å². The van der Waals surface area contributed by atoms with Gasteiger partial charge in [0.2, 0.25) is 0 Å². The number of carbonyl (C=O) groups excluding carboxylic acids is 1. The third kappa shape index (κ3) is 2.34. The van der Waals surface area contributed by atoms with E-state index in [1.54, 1.807) is 29.2 Å². The summed E-state index contributed by atoms with van der Waals surface area (Å²) in [5.41, 5.74) is 1.18. The number of amides is 1. The van der Waals surface area contributed by atoms with Crippen LogP contribution in [0.15, 0.2) is 41.5 Å². The Morgan fingerprint density at radius 1 is 1.67 bits per heavy atom. The average Bonchev–Trinajstić information content (AvgIpc) is 3.03. The van der Waals surface area contributed by atoms with Crippen LogP contribution in [0.25, 0.3) is 11.5 Å². The third-order valence-corrected chi connectivity index (χ3v) is 2.49. The van der Waals surface area contributed by atoms with Crippen molar-refractivity contribution >= 4 is 5.91 Å². The summed E-state index contributed by atoms with van der Waals surface area (Å²) in [4.78, 5) is 11.8. The van der Waals surface area contributed by atoms with E-state index >= 15 is 0 Å². The van der Waals surface area contributed by atoms with Crippen LogP contribution < -0.4 is 5.32 Å². The van der Waals surface area contributed by atoms with Crippen LogP contribution in [0.4, 0.5) is 0 Å². The second-order valence-electron chi connectivity index (χ2n) is 3.71. The van der Waals surface area contributed by atoms with Crippen molar-refractivity contribution in [2.45, 2.75) is 13.5 Å². The second-order valence-corrected chi connectivity index (χ2v) is 3.71. The number of hydrogen-bond acceptors (Lipinski definition) is 3. The number of nitrogens with one attached hydrogen (secondary N) is 1. The van der Waals surface area contributed by atoms with Gasteiger partial charge in [-0.15, -0.1) is 6.58 Å². The molecule has 0 aromatic carbocycles. The Morgan fingerprint density at radius 2 is 2.50 bits per heavy atom. The first-order chi connectivity index (χ1) is 8.76. The first-order valence-corrected chi connectivity index (χ1v) is 5.77. The molecule has 2 aromatic heterocycles. The summed E-state index contributed by atoms with van der Waals surface area (Å²) in [7, 11) is 0. The minimum Gasteiger partial charge on any atom is -0.463 e. The summed E-state index contributed by atoms with van der Waals surface area (Å²) in [5, 5.41) is 6.94. The zero-order chi connectivity index (χ0) is 13.0. The molecule has 0 aliphatic heterocycles. The van der Waals surface area contributed by atoms with E-state index in [1.165, 1.54) is 0 Å². The summed E-state index contributed by atoms with van der Waals surface area (Å²) < 4.78 is 7.07. The molecular weight excluding hydrogens is 230 g/mol. The molecule has 5 heteroatoms. The van der Waals surface area contributed by atoms with Crippen LogP contribution in [0.3, 0.4) is 0 Å². The van der Waals surface area contributed by atoms with Crippen molar-refractivity contribution in [3.05, 3.63) is 42.8 Å². The van der Waals surface area contributed by atoms with Crippen LogP contribution in [0.2, 0.25) is 0 Å². The molecule has 0 saturated heterocycles. The Hall–Kier alpha value is -2.30. The third-order valence-electron chi connectivity index (χ3n) is 2.49. The quantitative estimate of drug-likeness (QED) is 0.820. The molecule has 0 radical (unpaired) electrons. The van der Waals surface area contributed by atoms with Gasteiger partial charge in [0.25, 0.3) is 5.91 Å². The van der Waals surface area contributed by atoms with Gasteiger partial charge in [-0.3, -0.25) is 9.48 Å². The van der Waals surface area contributed by atoms with Crippen molar-refractivity contribution < 1.29 is 9.21 Å². The summed E-state index contributed by atoms with van der Waals surface area (Å²) in [6.45, 7) is 6.61. The number of hydrogen-bond donors (Lipinski definition) is 1. The Bertz CT molecular complexity index is 541. The Kier molecular flexibility index (Phi) is 3.62. The molecule has 2 rings (SSSR count). The lowest BCUT2D eigenvalue weighted by Gasteiger charge is -2.00. The lowest BCUT2D eigenvalue weighted by Crippen LogP contribution is -2.23. The number of carbonyl (C=O) groups is 1. The van der Waals surface area contributed by atoms with Crippen LogP contribution in [-0.4, -0.2) is 22.2 Å². The molecule has 2 aromatic rings. The van der Waals surface area contributed by atoms with E-state index in [1.807, 2.05) is 13.0 Å². The predicted octanol–water partition coefficient (Wildman–Crippen LogP) is 2.08. The Balaban J connectivity index is 2.29. The van der Waals surface area contributed by atoms with Crippen molar-refractivity contribution in [2.24, 2.45) is 0 Å². The van der Waals surface area contributed by atoms with Gasteiger partial charge in [-0.05, 0) is 19.1 Å². The maximum Gasteiger partial charge on any atom is 0.272 e. The Labute approximate surface area is 105 Å². The second kappa shape index (κ2) is 5.35. The largest absolute Gasteiger partial charge is 0.463 e. The lowest BCUT2D eigenvalue weighted by atomic mass is 10.3. The van der Waals surface area contributed by atoms with Crippen LogP contribution in [0.5, 0.6) is 0 Å². The fourth-order valence-electron chi connectivity index (χ4n) is 1.65. The standard InChI is InChI=1S/C13H15N3O2/c1-3-7-14-13(17)10-9-11(16(4-2)15-10)12-6-5-8-18-12/h3,5-6,8-9H,1,4,7H2,2H3,(H,14,17). The Morgan fingerprint density at radius 3 is 3.11 bits per heavy atom. The van der Waals surface area contributed by atoms with Gasteiger partial charge in [-0.25, -0.2) is 0 Å². The highest BCUT2D eigenvalue weighted by Crippen LogP contribution is 2.21. The fourth-order valence-corrected chi connectivity index (χ4v) is 1.65. The predicted molar refractivity (Wildman–Crippen MR) is 68.1 cm³/mol. The molecular formula is C13H15N3O2. The molecule has 0 saturated carbocycles. The van der Waals surface area contributed by atoms with Crippen molar-refractivity contribution in [1.29, 1.82) is 0 Å². The molecule has 0 atom stereocenters.